The maximum atomic E-state index is 12.4. The SMILES string of the molecule is CCn1c(C(C)NC(=O)Cc2ccc(C(=O)O)cc2)nc2ccccc21. The molecule has 6 nitrogen and oxygen atoms in total. The summed E-state index contributed by atoms with van der Waals surface area (Å²) in [5.41, 5.74) is 2.94. The van der Waals surface area contributed by atoms with Gasteiger partial charge in [-0.3, -0.25) is 4.79 Å². The Morgan fingerprint density at radius 2 is 1.85 bits per heavy atom. The zero-order valence-corrected chi connectivity index (χ0v) is 14.8. The second kappa shape index (κ2) is 7.39. The molecule has 1 heterocycles. The minimum Gasteiger partial charge on any atom is -0.478 e. The fourth-order valence-electron chi connectivity index (χ4n) is 3.06. The summed E-state index contributed by atoms with van der Waals surface area (Å²) >= 11 is 0. The smallest absolute Gasteiger partial charge is 0.335 e. The Kier molecular flexibility index (Phi) is 5.02. The molecule has 0 aliphatic heterocycles. The van der Waals surface area contributed by atoms with Gasteiger partial charge in [0.2, 0.25) is 5.91 Å². The highest BCUT2D eigenvalue weighted by Crippen LogP contribution is 2.20. The van der Waals surface area contributed by atoms with Crippen molar-refractivity contribution in [3.05, 3.63) is 65.5 Å². The Morgan fingerprint density at radius 3 is 2.50 bits per heavy atom. The number of carboxylic acids is 1. The van der Waals surface area contributed by atoms with E-state index in [0.717, 1.165) is 29.0 Å². The molecule has 0 aliphatic carbocycles. The summed E-state index contributed by atoms with van der Waals surface area (Å²) in [5.74, 6) is -0.286. The highest BCUT2D eigenvalue weighted by molar-refractivity contribution is 5.87. The molecule has 0 aliphatic rings. The van der Waals surface area contributed by atoms with Gasteiger partial charge in [-0.05, 0) is 43.7 Å². The number of fused-ring (bicyclic) bond motifs is 1. The number of hydrogen-bond donors (Lipinski definition) is 2. The molecule has 3 rings (SSSR count). The van der Waals surface area contributed by atoms with Gasteiger partial charge in [0.1, 0.15) is 5.82 Å². The fourth-order valence-corrected chi connectivity index (χ4v) is 3.06. The van der Waals surface area contributed by atoms with E-state index in [1.807, 2.05) is 31.2 Å². The summed E-state index contributed by atoms with van der Waals surface area (Å²) in [4.78, 5) is 27.9. The minimum absolute atomic E-state index is 0.129. The Balaban J connectivity index is 1.72. The number of hydrogen-bond acceptors (Lipinski definition) is 3. The summed E-state index contributed by atoms with van der Waals surface area (Å²) in [6.07, 6.45) is 0.191. The van der Waals surface area contributed by atoms with E-state index in [-0.39, 0.29) is 23.9 Å². The lowest BCUT2D eigenvalue weighted by molar-refractivity contribution is -0.121. The molecule has 0 saturated carbocycles. The van der Waals surface area contributed by atoms with Crippen molar-refractivity contribution in [2.45, 2.75) is 32.9 Å². The molecule has 26 heavy (non-hydrogen) atoms. The van der Waals surface area contributed by atoms with Crippen LogP contribution in [0.2, 0.25) is 0 Å². The predicted molar refractivity (Wildman–Crippen MR) is 99.1 cm³/mol. The summed E-state index contributed by atoms with van der Waals surface area (Å²) in [6, 6.07) is 14.0. The summed E-state index contributed by atoms with van der Waals surface area (Å²) in [5, 5.41) is 11.9. The van der Waals surface area contributed by atoms with E-state index in [9.17, 15) is 9.59 Å². The molecule has 1 amide bonds. The fraction of sp³-hybridized carbons (Fsp3) is 0.250. The van der Waals surface area contributed by atoms with Gasteiger partial charge < -0.3 is 15.0 Å². The lowest BCUT2D eigenvalue weighted by atomic mass is 10.1. The Bertz CT molecular complexity index is 945. The van der Waals surface area contributed by atoms with Crippen LogP contribution in [0.25, 0.3) is 11.0 Å². The molecule has 0 spiro atoms. The van der Waals surface area contributed by atoms with E-state index in [0.29, 0.717) is 0 Å². The highest BCUT2D eigenvalue weighted by atomic mass is 16.4. The van der Waals surface area contributed by atoms with Crippen molar-refractivity contribution < 1.29 is 14.7 Å². The highest BCUT2D eigenvalue weighted by Gasteiger charge is 2.17. The van der Waals surface area contributed by atoms with Crippen LogP contribution in [0.15, 0.2) is 48.5 Å². The molecule has 0 radical (unpaired) electrons. The lowest BCUT2D eigenvalue weighted by Crippen LogP contribution is -2.30. The van der Waals surface area contributed by atoms with Crippen molar-refractivity contribution >= 4 is 22.9 Å². The van der Waals surface area contributed by atoms with E-state index in [4.69, 9.17) is 5.11 Å². The zero-order valence-electron chi connectivity index (χ0n) is 14.8. The summed E-state index contributed by atoms with van der Waals surface area (Å²) < 4.78 is 2.10. The van der Waals surface area contributed by atoms with E-state index >= 15 is 0 Å². The van der Waals surface area contributed by atoms with Crippen LogP contribution in [0.4, 0.5) is 0 Å². The zero-order chi connectivity index (χ0) is 18.7. The quantitative estimate of drug-likeness (QED) is 0.714. The van der Waals surface area contributed by atoms with Crippen molar-refractivity contribution in [2.75, 3.05) is 0 Å². The number of benzene rings is 2. The van der Waals surface area contributed by atoms with Crippen LogP contribution in [-0.2, 0) is 17.8 Å². The first-order chi connectivity index (χ1) is 12.5. The Labute approximate surface area is 151 Å². The van der Waals surface area contributed by atoms with E-state index < -0.39 is 5.97 Å². The molecule has 0 fully saturated rings. The van der Waals surface area contributed by atoms with Crippen molar-refractivity contribution in [3.8, 4) is 0 Å². The van der Waals surface area contributed by atoms with Gasteiger partial charge in [-0.1, -0.05) is 24.3 Å². The number of aryl methyl sites for hydroxylation is 1. The minimum atomic E-state index is -0.979. The summed E-state index contributed by atoms with van der Waals surface area (Å²) in [6.45, 7) is 4.74. The number of imidazole rings is 1. The molecule has 1 aromatic heterocycles. The monoisotopic (exact) mass is 351 g/mol. The van der Waals surface area contributed by atoms with Gasteiger partial charge in [0.25, 0.3) is 0 Å². The predicted octanol–water partition coefficient (Wildman–Crippen LogP) is 3.17. The third-order valence-electron chi connectivity index (χ3n) is 4.33. The number of carboxylic acid groups (broad SMARTS) is 1. The van der Waals surface area contributed by atoms with Gasteiger partial charge in [-0.25, -0.2) is 9.78 Å². The third kappa shape index (κ3) is 3.59. The van der Waals surface area contributed by atoms with Crippen molar-refractivity contribution in [3.63, 3.8) is 0 Å². The molecule has 0 bridgehead atoms. The van der Waals surface area contributed by atoms with Crippen LogP contribution < -0.4 is 5.32 Å². The molecular formula is C20H21N3O3. The van der Waals surface area contributed by atoms with Crippen LogP contribution in [-0.4, -0.2) is 26.5 Å². The van der Waals surface area contributed by atoms with Gasteiger partial charge in [0.15, 0.2) is 0 Å². The van der Waals surface area contributed by atoms with Crippen molar-refractivity contribution in [2.24, 2.45) is 0 Å². The first-order valence-corrected chi connectivity index (χ1v) is 8.56. The van der Waals surface area contributed by atoms with Crippen molar-refractivity contribution in [1.82, 2.24) is 14.9 Å². The molecule has 1 unspecified atom stereocenters. The second-order valence-corrected chi connectivity index (χ2v) is 6.17. The number of rotatable bonds is 6. The van der Waals surface area contributed by atoms with E-state index in [2.05, 4.69) is 21.8 Å². The molecule has 2 N–H and O–H groups in total. The number of carbonyl (C=O) groups excluding carboxylic acids is 1. The molecule has 2 aromatic carbocycles. The van der Waals surface area contributed by atoms with Gasteiger partial charge >= 0.3 is 5.97 Å². The van der Waals surface area contributed by atoms with Gasteiger partial charge in [-0.15, -0.1) is 0 Å². The first-order valence-electron chi connectivity index (χ1n) is 8.56. The Morgan fingerprint density at radius 1 is 1.15 bits per heavy atom. The topological polar surface area (TPSA) is 84.2 Å². The molecule has 3 aromatic rings. The van der Waals surface area contributed by atoms with Crippen LogP contribution in [0, 0.1) is 0 Å². The standard InChI is InChI=1S/C20H21N3O3/c1-3-23-17-7-5-4-6-16(17)22-19(23)13(2)21-18(24)12-14-8-10-15(11-9-14)20(25)26/h4-11,13H,3,12H2,1-2H3,(H,21,24)(H,25,26). The normalized spacial score (nSPS) is 12.1. The lowest BCUT2D eigenvalue weighted by Gasteiger charge is -2.15. The van der Waals surface area contributed by atoms with Gasteiger partial charge in [0.05, 0.1) is 29.1 Å². The number of aromatic nitrogens is 2. The molecular weight excluding hydrogens is 330 g/mol. The van der Waals surface area contributed by atoms with Crippen LogP contribution >= 0.6 is 0 Å². The van der Waals surface area contributed by atoms with Crippen LogP contribution in [0.5, 0.6) is 0 Å². The van der Waals surface area contributed by atoms with Crippen LogP contribution in [0.3, 0.4) is 0 Å². The summed E-state index contributed by atoms with van der Waals surface area (Å²) in [7, 11) is 0. The van der Waals surface area contributed by atoms with Crippen molar-refractivity contribution in [1.29, 1.82) is 0 Å². The number of para-hydroxylation sites is 2. The molecule has 6 heteroatoms. The molecule has 1 atom stereocenters. The van der Waals surface area contributed by atoms with Gasteiger partial charge in [-0.2, -0.15) is 0 Å². The number of carbonyl (C=O) groups is 2. The van der Waals surface area contributed by atoms with E-state index in [1.54, 1.807) is 12.1 Å². The second-order valence-electron chi connectivity index (χ2n) is 6.17. The average molecular weight is 351 g/mol. The Hall–Kier alpha value is -3.15. The maximum Gasteiger partial charge on any atom is 0.335 e. The van der Waals surface area contributed by atoms with E-state index in [1.165, 1.54) is 12.1 Å². The number of nitrogens with one attached hydrogen (secondary N) is 1. The third-order valence-corrected chi connectivity index (χ3v) is 4.33. The number of aromatic carboxylic acids is 1. The van der Waals surface area contributed by atoms with Gasteiger partial charge in [0, 0.05) is 6.54 Å². The first kappa shape index (κ1) is 17.7. The molecule has 0 saturated heterocycles. The average Bonchev–Trinajstić information content (AvgIpc) is 3.00. The number of amides is 1. The maximum absolute atomic E-state index is 12.4. The number of nitrogens with zero attached hydrogens (tertiary/aromatic N) is 2. The molecule has 134 valence electrons. The van der Waals surface area contributed by atoms with Crippen LogP contribution in [0.1, 0.15) is 41.6 Å². The largest absolute Gasteiger partial charge is 0.478 e.